The Labute approximate surface area is 86.1 Å². The molecule has 0 saturated heterocycles. The maximum Gasteiger partial charge on any atom is 0.140 e. The second-order valence-electron chi connectivity index (χ2n) is 3.10. The van der Waals surface area contributed by atoms with Crippen LogP contribution in [0.5, 0.6) is 5.75 Å². The average molecular weight is 210 g/mol. The first-order valence-electron chi connectivity index (χ1n) is 4.53. The highest BCUT2D eigenvalue weighted by Crippen LogP contribution is 2.35. The zero-order chi connectivity index (χ0) is 10.1. The van der Waals surface area contributed by atoms with Crippen LogP contribution in [0.15, 0.2) is 17.5 Å². The van der Waals surface area contributed by atoms with Gasteiger partial charge in [0.2, 0.25) is 0 Å². The Bertz CT molecular complexity index is 462. The molecule has 14 heavy (non-hydrogen) atoms. The van der Waals surface area contributed by atoms with E-state index in [9.17, 15) is 4.39 Å². The monoisotopic (exact) mass is 210 g/mol. The van der Waals surface area contributed by atoms with Crippen molar-refractivity contribution in [3.8, 4) is 5.75 Å². The van der Waals surface area contributed by atoms with Crippen LogP contribution in [0.1, 0.15) is 12.5 Å². The molecule has 2 rings (SSSR count). The molecule has 0 radical (unpaired) electrons. The molecule has 0 N–H and O–H groups in total. The third-order valence-electron chi connectivity index (χ3n) is 2.14. The summed E-state index contributed by atoms with van der Waals surface area (Å²) >= 11 is 1.51. The van der Waals surface area contributed by atoms with E-state index >= 15 is 0 Å². The quantitative estimate of drug-likeness (QED) is 0.733. The highest BCUT2D eigenvalue weighted by atomic mass is 32.1. The lowest BCUT2D eigenvalue weighted by Gasteiger charge is -2.02. The topological polar surface area (TPSA) is 9.23 Å². The number of aryl methyl sites for hydroxylation is 1. The van der Waals surface area contributed by atoms with Crippen molar-refractivity contribution in [2.75, 3.05) is 6.61 Å². The minimum atomic E-state index is -0.160. The molecule has 1 heterocycles. The van der Waals surface area contributed by atoms with Crippen LogP contribution in [0.25, 0.3) is 10.1 Å². The van der Waals surface area contributed by atoms with Gasteiger partial charge in [0.25, 0.3) is 0 Å². The Morgan fingerprint density at radius 1 is 1.43 bits per heavy atom. The van der Waals surface area contributed by atoms with Gasteiger partial charge < -0.3 is 4.74 Å². The van der Waals surface area contributed by atoms with Crippen LogP contribution < -0.4 is 4.74 Å². The van der Waals surface area contributed by atoms with E-state index in [0.29, 0.717) is 23.3 Å². The minimum Gasteiger partial charge on any atom is -0.492 e. The van der Waals surface area contributed by atoms with Crippen molar-refractivity contribution in [2.24, 2.45) is 0 Å². The summed E-state index contributed by atoms with van der Waals surface area (Å²) in [4.78, 5) is 0. The summed E-state index contributed by atoms with van der Waals surface area (Å²) < 4.78 is 20.0. The highest BCUT2D eigenvalue weighted by molar-refractivity contribution is 7.17. The zero-order valence-corrected chi connectivity index (χ0v) is 8.95. The van der Waals surface area contributed by atoms with Crippen LogP contribution in [0.3, 0.4) is 0 Å². The second-order valence-corrected chi connectivity index (χ2v) is 4.01. The Balaban J connectivity index is 2.69. The smallest absolute Gasteiger partial charge is 0.140 e. The van der Waals surface area contributed by atoms with Crippen molar-refractivity contribution < 1.29 is 9.13 Å². The van der Waals surface area contributed by atoms with E-state index in [1.807, 2.05) is 18.4 Å². The van der Waals surface area contributed by atoms with Crippen molar-refractivity contribution in [1.82, 2.24) is 0 Å². The molecule has 0 spiro atoms. The van der Waals surface area contributed by atoms with Gasteiger partial charge in [0.05, 0.1) is 12.0 Å². The van der Waals surface area contributed by atoms with Gasteiger partial charge in [-0.15, -0.1) is 11.3 Å². The van der Waals surface area contributed by atoms with Gasteiger partial charge in [0.15, 0.2) is 0 Å². The standard InChI is InChI=1S/C11H11FOS/c1-3-13-8-6-14-9-5-4-7(2)11(12)10(8)9/h4-6H,3H2,1-2H3. The average Bonchev–Trinajstić information content (AvgIpc) is 2.57. The summed E-state index contributed by atoms with van der Waals surface area (Å²) in [5.74, 6) is 0.501. The number of benzene rings is 1. The number of fused-ring (bicyclic) bond motifs is 1. The predicted molar refractivity (Wildman–Crippen MR) is 57.7 cm³/mol. The summed E-state index contributed by atoms with van der Waals surface area (Å²) in [6.45, 7) is 4.23. The van der Waals surface area contributed by atoms with Crippen LogP contribution in [-0.4, -0.2) is 6.61 Å². The largest absolute Gasteiger partial charge is 0.492 e. The minimum absolute atomic E-state index is 0.160. The van der Waals surface area contributed by atoms with Gasteiger partial charge in [-0.2, -0.15) is 0 Å². The molecule has 0 atom stereocenters. The van der Waals surface area contributed by atoms with Gasteiger partial charge >= 0.3 is 0 Å². The van der Waals surface area contributed by atoms with Crippen molar-refractivity contribution in [3.63, 3.8) is 0 Å². The Morgan fingerprint density at radius 3 is 2.93 bits per heavy atom. The SMILES string of the molecule is CCOc1csc2ccc(C)c(F)c12. The predicted octanol–water partition coefficient (Wildman–Crippen LogP) is 3.75. The van der Waals surface area contributed by atoms with E-state index in [2.05, 4.69) is 0 Å². The number of halogens is 1. The van der Waals surface area contributed by atoms with E-state index < -0.39 is 0 Å². The molecule has 0 amide bonds. The van der Waals surface area contributed by atoms with Gasteiger partial charge in [-0.3, -0.25) is 0 Å². The Hall–Kier alpha value is -1.09. The van der Waals surface area contributed by atoms with Crippen LogP contribution in [0, 0.1) is 12.7 Å². The normalized spacial score (nSPS) is 10.8. The van der Waals surface area contributed by atoms with Gasteiger partial charge in [0.1, 0.15) is 11.6 Å². The first kappa shape index (κ1) is 9.46. The fourth-order valence-electron chi connectivity index (χ4n) is 1.43. The van der Waals surface area contributed by atoms with E-state index in [4.69, 9.17) is 4.74 Å². The van der Waals surface area contributed by atoms with Gasteiger partial charge in [0, 0.05) is 10.1 Å². The molecular weight excluding hydrogens is 199 g/mol. The number of thiophene rings is 1. The molecule has 1 aromatic heterocycles. The van der Waals surface area contributed by atoms with Gasteiger partial charge in [-0.1, -0.05) is 6.07 Å². The molecule has 0 aliphatic heterocycles. The number of hydrogen-bond acceptors (Lipinski definition) is 2. The second kappa shape index (κ2) is 3.58. The fraction of sp³-hybridized carbons (Fsp3) is 0.273. The van der Waals surface area contributed by atoms with Gasteiger partial charge in [-0.05, 0) is 25.5 Å². The summed E-state index contributed by atoms with van der Waals surface area (Å²) in [6, 6.07) is 3.73. The summed E-state index contributed by atoms with van der Waals surface area (Å²) in [6.07, 6.45) is 0. The summed E-state index contributed by atoms with van der Waals surface area (Å²) in [5.41, 5.74) is 0.664. The lowest BCUT2D eigenvalue weighted by molar-refractivity contribution is 0.344. The zero-order valence-electron chi connectivity index (χ0n) is 8.13. The molecule has 1 nitrogen and oxygen atoms in total. The van der Waals surface area contributed by atoms with Crippen molar-refractivity contribution >= 4 is 21.4 Å². The van der Waals surface area contributed by atoms with Crippen molar-refractivity contribution in [1.29, 1.82) is 0 Å². The van der Waals surface area contributed by atoms with Gasteiger partial charge in [-0.25, -0.2) is 4.39 Å². The third kappa shape index (κ3) is 1.38. The molecule has 3 heteroatoms. The lowest BCUT2D eigenvalue weighted by Crippen LogP contribution is -1.91. The van der Waals surface area contributed by atoms with Crippen LogP contribution in [0.2, 0.25) is 0 Å². The maximum absolute atomic E-state index is 13.7. The first-order chi connectivity index (χ1) is 6.74. The number of ether oxygens (including phenoxy) is 1. The number of rotatable bonds is 2. The van der Waals surface area contributed by atoms with Crippen LogP contribution >= 0.6 is 11.3 Å². The number of hydrogen-bond donors (Lipinski definition) is 0. The third-order valence-corrected chi connectivity index (χ3v) is 3.06. The first-order valence-corrected chi connectivity index (χ1v) is 5.41. The highest BCUT2D eigenvalue weighted by Gasteiger charge is 2.11. The van der Waals surface area contributed by atoms with E-state index in [-0.39, 0.29) is 5.82 Å². The van der Waals surface area contributed by atoms with E-state index in [0.717, 1.165) is 4.70 Å². The lowest BCUT2D eigenvalue weighted by atomic mass is 10.1. The molecule has 0 unspecified atom stereocenters. The molecule has 0 saturated carbocycles. The molecule has 1 aromatic carbocycles. The molecule has 2 aromatic rings. The van der Waals surface area contributed by atoms with E-state index in [1.165, 1.54) is 11.3 Å². The fourth-order valence-corrected chi connectivity index (χ4v) is 2.30. The molecule has 0 aliphatic carbocycles. The van der Waals surface area contributed by atoms with Crippen LogP contribution in [0.4, 0.5) is 4.39 Å². The van der Waals surface area contributed by atoms with Crippen molar-refractivity contribution in [3.05, 3.63) is 28.9 Å². The molecule has 0 aliphatic rings. The van der Waals surface area contributed by atoms with Crippen LogP contribution in [-0.2, 0) is 0 Å². The Morgan fingerprint density at radius 2 is 2.21 bits per heavy atom. The molecule has 0 bridgehead atoms. The van der Waals surface area contributed by atoms with Crippen molar-refractivity contribution in [2.45, 2.75) is 13.8 Å². The molecule has 0 fully saturated rings. The summed E-state index contributed by atoms with van der Waals surface area (Å²) in [5, 5.41) is 2.48. The summed E-state index contributed by atoms with van der Waals surface area (Å²) in [7, 11) is 0. The Kier molecular flexibility index (Phi) is 2.42. The molecular formula is C11H11FOS. The molecule has 74 valence electrons. The van der Waals surface area contributed by atoms with E-state index in [1.54, 1.807) is 13.0 Å². The maximum atomic E-state index is 13.7.